The van der Waals surface area contributed by atoms with Gasteiger partial charge in [-0.05, 0) is 63.7 Å². The molecule has 0 aliphatic carbocycles. The molecule has 3 nitrogen and oxygen atoms in total. The van der Waals surface area contributed by atoms with Crippen molar-refractivity contribution < 1.29 is 5.11 Å². The third kappa shape index (κ3) is 3.89. The van der Waals surface area contributed by atoms with E-state index in [1.165, 1.54) is 37.9 Å². The van der Waals surface area contributed by atoms with Gasteiger partial charge in [0.2, 0.25) is 0 Å². The monoisotopic (exact) mass is 302 g/mol. The van der Waals surface area contributed by atoms with Crippen molar-refractivity contribution in [2.45, 2.75) is 56.6 Å². The molecule has 2 aliphatic heterocycles. The summed E-state index contributed by atoms with van der Waals surface area (Å²) in [6.45, 7) is 4.11. The van der Waals surface area contributed by atoms with E-state index < -0.39 is 5.60 Å². The van der Waals surface area contributed by atoms with Crippen LogP contribution in [-0.4, -0.2) is 47.8 Å². The molecule has 0 amide bonds. The van der Waals surface area contributed by atoms with E-state index in [1.54, 1.807) is 0 Å². The molecule has 0 radical (unpaired) electrons. The van der Waals surface area contributed by atoms with Crippen LogP contribution in [-0.2, 0) is 6.42 Å². The summed E-state index contributed by atoms with van der Waals surface area (Å²) in [6.07, 6.45) is 8.09. The SMILES string of the molecule is O[C@@]1(CNCCCc2ccccc2)CCCN2CCCC[C@@H]21. The Balaban J connectivity index is 1.42. The van der Waals surface area contributed by atoms with E-state index in [9.17, 15) is 5.11 Å². The number of hydrogen-bond donors (Lipinski definition) is 2. The van der Waals surface area contributed by atoms with Crippen LogP contribution in [0.3, 0.4) is 0 Å². The fourth-order valence-electron chi connectivity index (χ4n) is 4.20. The molecule has 0 bridgehead atoms. The highest BCUT2D eigenvalue weighted by atomic mass is 16.3. The van der Waals surface area contributed by atoms with E-state index >= 15 is 0 Å². The van der Waals surface area contributed by atoms with Crippen LogP contribution in [0.15, 0.2) is 30.3 Å². The van der Waals surface area contributed by atoms with E-state index in [0.717, 1.165) is 38.8 Å². The Labute approximate surface area is 134 Å². The maximum atomic E-state index is 11.1. The van der Waals surface area contributed by atoms with Gasteiger partial charge in [0, 0.05) is 12.6 Å². The molecule has 3 heteroatoms. The number of nitrogens with zero attached hydrogens (tertiary/aromatic N) is 1. The zero-order chi connectivity index (χ0) is 15.3. The molecule has 3 rings (SSSR count). The second-order valence-electron chi connectivity index (χ2n) is 7.02. The molecular formula is C19H30N2O. The lowest BCUT2D eigenvalue weighted by atomic mass is 9.79. The standard InChI is InChI=1S/C19H30N2O/c22-19(12-7-15-21-14-5-4-11-18(19)21)16-20-13-6-10-17-8-2-1-3-9-17/h1-3,8-9,18,20,22H,4-7,10-16H2/t18-,19-/m1/s1. The highest BCUT2D eigenvalue weighted by Gasteiger charge is 2.43. The third-order valence-corrected chi connectivity index (χ3v) is 5.38. The Morgan fingerprint density at radius 1 is 1.14 bits per heavy atom. The number of rotatable bonds is 6. The molecule has 2 saturated heterocycles. The lowest BCUT2D eigenvalue weighted by Gasteiger charge is -2.49. The number of aliphatic hydroxyl groups is 1. The van der Waals surface area contributed by atoms with E-state index in [1.807, 2.05) is 0 Å². The van der Waals surface area contributed by atoms with Gasteiger partial charge in [0.05, 0.1) is 5.60 Å². The zero-order valence-corrected chi connectivity index (χ0v) is 13.6. The molecule has 2 fully saturated rings. The van der Waals surface area contributed by atoms with Gasteiger partial charge in [0.25, 0.3) is 0 Å². The third-order valence-electron chi connectivity index (χ3n) is 5.38. The summed E-state index contributed by atoms with van der Waals surface area (Å²) in [5, 5.41) is 14.6. The van der Waals surface area contributed by atoms with Crippen molar-refractivity contribution in [1.82, 2.24) is 10.2 Å². The first kappa shape index (κ1) is 16.0. The molecule has 22 heavy (non-hydrogen) atoms. The van der Waals surface area contributed by atoms with Gasteiger partial charge in [-0.2, -0.15) is 0 Å². The zero-order valence-electron chi connectivity index (χ0n) is 13.6. The minimum Gasteiger partial charge on any atom is -0.387 e. The van der Waals surface area contributed by atoms with Crippen molar-refractivity contribution in [1.29, 1.82) is 0 Å². The normalized spacial score (nSPS) is 29.2. The van der Waals surface area contributed by atoms with Gasteiger partial charge in [-0.1, -0.05) is 36.8 Å². The number of benzene rings is 1. The smallest absolute Gasteiger partial charge is 0.0926 e. The van der Waals surface area contributed by atoms with Crippen molar-refractivity contribution >= 4 is 0 Å². The summed E-state index contributed by atoms with van der Waals surface area (Å²) in [5.74, 6) is 0. The number of hydrogen-bond acceptors (Lipinski definition) is 3. The molecule has 122 valence electrons. The van der Waals surface area contributed by atoms with Crippen LogP contribution < -0.4 is 5.32 Å². The van der Waals surface area contributed by atoms with Crippen LogP contribution in [0.25, 0.3) is 0 Å². The van der Waals surface area contributed by atoms with Crippen LogP contribution in [0.4, 0.5) is 0 Å². The summed E-state index contributed by atoms with van der Waals surface area (Å²) in [6, 6.07) is 11.0. The van der Waals surface area contributed by atoms with Gasteiger partial charge in [-0.3, -0.25) is 4.90 Å². The van der Waals surface area contributed by atoms with E-state index in [0.29, 0.717) is 6.04 Å². The first-order chi connectivity index (χ1) is 10.8. The van der Waals surface area contributed by atoms with E-state index in [-0.39, 0.29) is 0 Å². The fraction of sp³-hybridized carbons (Fsp3) is 0.684. The van der Waals surface area contributed by atoms with Crippen LogP contribution in [0.1, 0.15) is 44.1 Å². The molecule has 0 aromatic heterocycles. The Morgan fingerprint density at radius 3 is 2.82 bits per heavy atom. The average Bonchev–Trinajstić information content (AvgIpc) is 2.56. The maximum absolute atomic E-state index is 11.1. The van der Waals surface area contributed by atoms with Crippen molar-refractivity contribution in [2.75, 3.05) is 26.2 Å². The van der Waals surface area contributed by atoms with Crippen molar-refractivity contribution in [2.24, 2.45) is 0 Å². The summed E-state index contributed by atoms with van der Waals surface area (Å²) < 4.78 is 0. The summed E-state index contributed by atoms with van der Waals surface area (Å²) in [7, 11) is 0. The summed E-state index contributed by atoms with van der Waals surface area (Å²) >= 11 is 0. The van der Waals surface area contributed by atoms with Gasteiger partial charge >= 0.3 is 0 Å². The predicted octanol–water partition coefficient (Wildman–Crippen LogP) is 2.59. The predicted molar refractivity (Wildman–Crippen MR) is 91.0 cm³/mol. The minimum absolute atomic E-state index is 0.386. The Hall–Kier alpha value is -0.900. The van der Waals surface area contributed by atoms with Gasteiger partial charge in [-0.15, -0.1) is 0 Å². The Morgan fingerprint density at radius 2 is 1.95 bits per heavy atom. The van der Waals surface area contributed by atoms with Gasteiger partial charge in [0.15, 0.2) is 0 Å². The molecule has 1 aromatic carbocycles. The van der Waals surface area contributed by atoms with Gasteiger partial charge in [0.1, 0.15) is 0 Å². The molecule has 0 unspecified atom stereocenters. The highest BCUT2D eigenvalue weighted by Crippen LogP contribution is 2.33. The van der Waals surface area contributed by atoms with Crippen LogP contribution in [0.2, 0.25) is 0 Å². The van der Waals surface area contributed by atoms with E-state index in [2.05, 4.69) is 40.5 Å². The maximum Gasteiger partial charge on any atom is 0.0926 e. The van der Waals surface area contributed by atoms with Crippen LogP contribution in [0.5, 0.6) is 0 Å². The largest absolute Gasteiger partial charge is 0.387 e. The van der Waals surface area contributed by atoms with Crippen molar-refractivity contribution in [3.8, 4) is 0 Å². The van der Waals surface area contributed by atoms with Crippen LogP contribution in [0, 0.1) is 0 Å². The first-order valence-corrected chi connectivity index (χ1v) is 8.99. The quantitative estimate of drug-likeness (QED) is 0.793. The first-order valence-electron chi connectivity index (χ1n) is 8.99. The molecule has 2 aliphatic rings. The number of aryl methyl sites for hydroxylation is 1. The highest BCUT2D eigenvalue weighted by molar-refractivity contribution is 5.14. The molecule has 1 aromatic rings. The number of piperidine rings is 2. The fourth-order valence-corrected chi connectivity index (χ4v) is 4.20. The molecule has 0 spiro atoms. The second kappa shape index (κ2) is 7.58. The summed E-state index contributed by atoms with van der Waals surface area (Å²) in [4.78, 5) is 2.53. The lowest BCUT2D eigenvalue weighted by molar-refractivity contribution is -0.0917. The topological polar surface area (TPSA) is 35.5 Å². The Bertz CT molecular complexity index is 448. The lowest BCUT2D eigenvalue weighted by Crippen LogP contribution is -2.62. The molecule has 2 atom stereocenters. The minimum atomic E-state index is -0.509. The molecular weight excluding hydrogens is 272 g/mol. The number of nitrogens with one attached hydrogen (secondary N) is 1. The summed E-state index contributed by atoms with van der Waals surface area (Å²) in [5.41, 5.74) is 0.893. The molecule has 2 N–H and O–H groups in total. The molecule has 2 heterocycles. The Kier molecular flexibility index (Phi) is 5.51. The van der Waals surface area contributed by atoms with E-state index in [4.69, 9.17) is 0 Å². The van der Waals surface area contributed by atoms with Crippen LogP contribution >= 0.6 is 0 Å². The number of fused-ring (bicyclic) bond motifs is 1. The average molecular weight is 302 g/mol. The second-order valence-corrected chi connectivity index (χ2v) is 7.02. The van der Waals surface area contributed by atoms with Crippen molar-refractivity contribution in [3.05, 3.63) is 35.9 Å². The van der Waals surface area contributed by atoms with Gasteiger partial charge in [-0.25, -0.2) is 0 Å². The van der Waals surface area contributed by atoms with Crippen molar-refractivity contribution in [3.63, 3.8) is 0 Å². The van der Waals surface area contributed by atoms with Gasteiger partial charge < -0.3 is 10.4 Å². The molecule has 0 saturated carbocycles.